The summed E-state index contributed by atoms with van der Waals surface area (Å²) in [6.07, 6.45) is 0.178. The van der Waals surface area contributed by atoms with Crippen LogP contribution < -0.4 is 5.32 Å². The van der Waals surface area contributed by atoms with Crippen molar-refractivity contribution in [2.45, 2.75) is 68.2 Å². The minimum Gasteiger partial charge on any atom is -0.387 e. The molecule has 1 unspecified atom stereocenters. The van der Waals surface area contributed by atoms with Gasteiger partial charge in [0, 0.05) is 13.2 Å². The van der Waals surface area contributed by atoms with Crippen molar-refractivity contribution in [3.05, 3.63) is 17.3 Å². The monoisotopic (exact) mass is 663 g/mol. The Kier molecular flexibility index (Phi) is 10.7. The van der Waals surface area contributed by atoms with Gasteiger partial charge in [-0.15, -0.1) is 10.2 Å². The van der Waals surface area contributed by atoms with Gasteiger partial charge in [0.05, 0.1) is 44.6 Å². The average molecular weight is 664 g/mol. The van der Waals surface area contributed by atoms with Crippen LogP contribution >= 0.6 is 19.2 Å². The van der Waals surface area contributed by atoms with Gasteiger partial charge in [-0.3, -0.25) is 4.57 Å². The zero-order valence-electron chi connectivity index (χ0n) is 23.7. The Morgan fingerprint density at radius 3 is 2.66 bits per heavy atom. The summed E-state index contributed by atoms with van der Waals surface area (Å²) < 4.78 is 41.6. The van der Waals surface area contributed by atoms with E-state index in [4.69, 9.17) is 35.3 Å². The average Bonchev–Trinajstić information content (AvgIpc) is 3.79. The molecule has 1 aliphatic carbocycles. The number of aliphatic hydroxyl groups excluding tert-OH is 2. The third-order valence-electron chi connectivity index (χ3n) is 7.46. The van der Waals surface area contributed by atoms with Gasteiger partial charge in [0.2, 0.25) is 10.6 Å². The van der Waals surface area contributed by atoms with Crippen molar-refractivity contribution in [1.82, 2.24) is 40.4 Å². The third kappa shape index (κ3) is 7.34. The van der Waals surface area contributed by atoms with E-state index in [-0.39, 0.29) is 42.6 Å². The molecule has 0 amide bonds. The Morgan fingerprint density at radius 1 is 1.18 bits per heavy atom. The van der Waals surface area contributed by atoms with Gasteiger partial charge in [-0.2, -0.15) is 20.3 Å². The number of ether oxygens (including phenoxy) is 5. The van der Waals surface area contributed by atoms with Gasteiger partial charge in [0.25, 0.3) is 0 Å². The molecular formula is C23H35ClN9O10P. The van der Waals surface area contributed by atoms with Crippen LogP contribution in [0.15, 0.2) is 6.20 Å². The fourth-order valence-corrected chi connectivity index (χ4v) is 5.99. The second-order valence-corrected chi connectivity index (χ2v) is 12.7. The molecule has 2 fully saturated rings. The molecule has 0 aromatic carbocycles. The Labute approximate surface area is 255 Å². The minimum atomic E-state index is -5.11. The van der Waals surface area contributed by atoms with E-state index in [0.717, 1.165) is 25.7 Å². The zero-order valence-corrected chi connectivity index (χ0v) is 25.4. The lowest BCUT2D eigenvalue weighted by molar-refractivity contribution is -0.140. The molecule has 6 N–H and O–H groups in total. The van der Waals surface area contributed by atoms with Crippen molar-refractivity contribution in [1.29, 1.82) is 0 Å². The summed E-state index contributed by atoms with van der Waals surface area (Å²) >= 11 is 6.22. The first-order chi connectivity index (χ1) is 21.1. The Bertz CT molecular complexity index is 1410. The molecule has 4 heterocycles. The van der Waals surface area contributed by atoms with E-state index in [1.54, 1.807) is 0 Å². The summed E-state index contributed by atoms with van der Waals surface area (Å²) in [6, 6.07) is 0.230. The number of nitrogens with one attached hydrogen (secondary N) is 2. The van der Waals surface area contributed by atoms with E-state index in [1.165, 1.54) is 18.0 Å². The van der Waals surface area contributed by atoms with Gasteiger partial charge in [-0.05, 0) is 24.4 Å². The van der Waals surface area contributed by atoms with Crippen molar-refractivity contribution in [3.63, 3.8) is 0 Å². The van der Waals surface area contributed by atoms with E-state index in [9.17, 15) is 24.6 Å². The van der Waals surface area contributed by atoms with Gasteiger partial charge in [-0.1, -0.05) is 18.1 Å². The van der Waals surface area contributed by atoms with Crippen LogP contribution in [0.4, 0.5) is 5.82 Å². The number of fused-ring (bicyclic) bond motifs is 1. The second-order valence-electron chi connectivity index (χ2n) is 10.5. The highest BCUT2D eigenvalue weighted by atomic mass is 35.5. The highest BCUT2D eigenvalue weighted by molar-refractivity contribution is 7.53. The highest BCUT2D eigenvalue weighted by Gasteiger charge is 2.52. The number of aromatic amines is 1. The number of hydrogen-bond donors (Lipinski definition) is 6. The number of aromatic nitrogens is 8. The maximum Gasteiger partial charge on any atom is 0.361 e. The zero-order chi connectivity index (χ0) is 31.3. The summed E-state index contributed by atoms with van der Waals surface area (Å²) in [7, 11) is -3.66. The van der Waals surface area contributed by atoms with E-state index >= 15 is 0 Å². The largest absolute Gasteiger partial charge is 0.387 e. The lowest BCUT2D eigenvalue weighted by Crippen LogP contribution is -2.46. The number of tetrazole rings is 1. The number of anilines is 1. The summed E-state index contributed by atoms with van der Waals surface area (Å²) in [6.45, 7) is -1.89. The number of hydrogen-bond acceptors (Lipinski definition) is 15. The van der Waals surface area contributed by atoms with Crippen LogP contribution in [0.5, 0.6) is 0 Å². The van der Waals surface area contributed by atoms with Gasteiger partial charge in [0.15, 0.2) is 17.7 Å². The first kappa shape index (κ1) is 33.0. The first-order valence-corrected chi connectivity index (χ1v) is 15.9. The topological polar surface area (TPSA) is 254 Å². The lowest BCUT2D eigenvalue weighted by Gasteiger charge is -2.34. The van der Waals surface area contributed by atoms with Crippen molar-refractivity contribution in [3.8, 4) is 0 Å². The molecule has 3 aromatic heterocycles. The molecule has 244 valence electrons. The second kappa shape index (κ2) is 14.3. The molecule has 44 heavy (non-hydrogen) atoms. The van der Waals surface area contributed by atoms with Crippen LogP contribution in [0, 0.1) is 0 Å². The molecule has 0 spiro atoms. The lowest BCUT2D eigenvalue weighted by atomic mass is 10.1. The Morgan fingerprint density at radius 2 is 1.95 bits per heavy atom. The number of aliphatic hydroxyl groups is 2. The molecule has 5 rings (SSSR count). The van der Waals surface area contributed by atoms with Crippen LogP contribution in [0.3, 0.4) is 0 Å². The van der Waals surface area contributed by atoms with Gasteiger partial charge in [0.1, 0.15) is 30.7 Å². The van der Waals surface area contributed by atoms with Crippen molar-refractivity contribution in [2.75, 3.05) is 45.5 Å². The smallest absolute Gasteiger partial charge is 0.361 e. The molecule has 21 heteroatoms. The predicted octanol–water partition coefficient (Wildman–Crippen LogP) is -0.263. The van der Waals surface area contributed by atoms with Crippen LogP contribution in [-0.2, 0) is 34.9 Å². The number of halogens is 1. The minimum absolute atomic E-state index is 0.00414. The molecule has 0 bridgehead atoms. The van der Waals surface area contributed by atoms with Crippen LogP contribution in [0.1, 0.15) is 37.7 Å². The molecule has 19 nitrogen and oxygen atoms in total. The Hall–Kier alpha value is -2.42. The standard InChI is InChI=1S/C23H35ClN9O10P/c1-39-6-7-40-11-23(44(36,37)38,12-41-10-16-29-31-32-30-16)42-9-15-17(34)18(35)21(43-15)33-20-14(8-25-33)19(27-22(24)28-20)26-13-4-2-3-5-13/h8,13,15,17-18,21,34-35H,2-7,9-12H2,1H3,(H,26,27,28)(H2,36,37,38)(H,29,30,31,32)/t15?,17-,18-,21-,23+/m1/s1. The normalized spacial score (nSPS) is 24.3. The maximum atomic E-state index is 12.8. The summed E-state index contributed by atoms with van der Waals surface area (Å²) in [5, 5.41) is 40.8. The van der Waals surface area contributed by atoms with Gasteiger partial charge < -0.3 is 49.0 Å². The van der Waals surface area contributed by atoms with E-state index in [1.807, 2.05) is 0 Å². The molecule has 2 aliphatic rings. The van der Waals surface area contributed by atoms with Gasteiger partial charge in [-0.25, -0.2) is 4.68 Å². The number of H-pyrrole nitrogens is 1. The van der Waals surface area contributed by atoms with Crippen molar-refractivity contribution in [2.24, 2.45) is 0 Å². The number of methoxy groups -OCH3 is 1. The highest BCUT2D eigenvalue weighted by Crippen LogP contribution is 2.52. The van der Waals surface area contributed by atoms with Crippen LogP contribution in [0.2, 0.25) is 5.28 Å². The number of nitrogens with zero attached hydrogens (tertiary/aromatic N) is 7. The van der Waals surface area contributed by atoms with Crippen LogP contribution in [-0.4, -0.2) is 130 Å². The summed E-state index contributed by atoms with van der Waals surface area (Å²) in [5.74, 6) is 0.633. The molecule has 5 atom stereocenters. The third-order valence-corrected chi connectivity index (χ3v) is 9.07. The first-order valence-electron chi connectivity index (χ1n) is 13.9. The van der Waals surface area contributed by atoms with Crippen molar-refractivity contribution >= 4 is 36.0 Å². The number of rotatable bonds is 16. The van der Waals surface area contributed by atoms with E-state index in [2.05, 4.69) is 41.0 Å². The molecule has 3 aromatic rings. The summed E-state index contributed by atoms with van der Waals surface area (Å²) in [5.41, 5.74) is 0.259. The molecule has 1 aliphatic heterocycles. The fraction of sp³-hybridized carbons (Fsp3) is 0.739. The molecule has 1 saturated heterocycles. The van der Waals surface area contributed by atoms with E-state index < -0.39 is 57.3 Å². The molecule has 1 saturated carbocycles. The SMILES string of the molecule is COCCOC[C@](COCc1nn[nH]n1)(OCC1O[C@@H](n2ncc3c(NC4CCCC4)nc(Cl)nc32)[C@H](O)[C@@H]1O)P(=O)(O)O. The quantitative estimate of drug-likeness (QED) is 0.0655. The maximum absolute atomic E-state index is 12.8. The molecule has 0 radical (unpaired) electrons. The Balaban J connectivity index is 1.32. The predicted molar refractivity (Wildman–Crippen MR) is 149 cm³/mol. The fourth-order valence-electron chi connectivity index (χ4n) is 5.06. The van der Waals surface area contributed by atoms with Gasteiger partial charge >= 0.3 is 7.60 Å². The summed E-state index contributed by atoms with van der Waals surface area (Å²) in [4.78, 5) is 29.3. The molecular weight excluding hydrogens is 629 g/mol. The van der Waals surface area contributed by atoms with Crippen molar-refractivity contribution < 1.29 is 48.2 Å². The van der Waals surface area contributed by atoms with E-state index in [0.29, 0.717) is 11.2 Å². The van der Waals surface area contributed by atoms with Crippen LogP contribution in [0.25, 0.3) is 11.0 Å².